The van der Waals surface area contributed by atoms with Crippen LogP contribution in [0.25, 0.3) is 0 Å². The summed E-state index contributed by atoms with van der Waals surface area (Å²) < 4.78 is 16.9. The molecule has 0 spiro atoms. The molecule has 7 nitrogen and oxygen atoms in total. The molecule has 3 unspecified atom stereocenters. The van der Waals surface area contributed by atoms with E-state index in [2.05, 4.69) is 17.6 Å². The fourth-order valence-corrected chi connectivity index (χ4v) is 3.81. The van der Waals surface area contributed by atoms with E-state index in [-0.39, 0.29) is 23.8 Å². The van der Waals surface area contributed by atoms with Gasteiger partial charge in [-0.25, -0.2) is 0 Å². The summed E-state index contributed by atoms with van der Waals surface area (Å²) in [5, 5.41) is 5.81. The van der Waals surface area contributed by atoms with E-state index in [1.807, 2.05) is 18.2 Å². The number of carbonyl (C=O) groups is 2. The molecular formula is C25H30N2O5. The highest BCUT2D eigenvalue weighted by atomic mass is 16.5. The summed E-state index contributed by atoms with van der Waals surface area (Å²) in [6, 6.07) is 12.6. The smallest absolute Gasteiger partial charge is 0.251 e. The van der Waals surface area contributed by atoms with Gasteiger partial charge in [0.05, 0.1) is 13.2 Å². The minimum absolute atomic E-state index is 0.0480. The lowest BCUT2D eigenvalue weighted by Gasteiger charge is -2.15. The van der Waals surface area contributed by atoms with Gasteiger partial charge in [-0.3, -0.25) is 9.59 Å². The van der Waals surface area contributed by atoms with Gasteiger partial charge in [0, 0.05) is 30.3 Å². The third-order valence-corrected chi connectivity index (χ3v) is 5.99. The number of methoxy groups -OCH3 is 1. The van der Waals surface area contributed by atoms with Gasteiger partial charge in [0.1, 0.15) is 6.61 Å². The Morgan fingerprint density at radius 2 is 1.91 bits per heavy atom. The second-order valence-corrected chi connectivity index (χ2v) is 8.50. The molecule has 1 heterocycles. The molecule has 170 valence electrons. The average molecular weight is 439 g/mol. The first kappa shape index (κ1) is 22.1. The Balaban J connectivity index is 1.28. The van der Waals surface area contributed by atoms with Crippen molar-refractivity contribution in [3.63, 3.8) is 0 Å². The van der Waals surface area contributed by atoms with Gasteiger partial charge >= 0.3 is 0 Å². The number of anilines is 1. The molecule has 0 bridgehead atoms. The van der Waals surface area contributed by atoms with Gasteiger partial charge in [-0.1, -0.05) is 13.0 Å². The van der Waals surface area contributed by atoms with Gasteiger partial charge < -0.3 is 24.8 Å². The molecule has 3 atom stereocenters. The predicted molar refractivity (Wildman–Crippen MR) is 121 cm³/mol. The van der Waals surface area contributed by atoms with Crippen molar-refractivity contribution in [1.82, 2.24) is 5.32 Å². The first-order valence-corrected chi connectivity index (χ1v) is 11.1. The Kier molecular flexibility index (Phi) is 6.95. The zero-order valence-electron chi connectivity index (χ0n) is 18.6. The summed E-state index contributed by atoms with van der Waals surface area (Å²) in [5.41, 5.74) is 2.14. The van der Waals surface area contributed by atoms with Gasteiger partial charge in [0.25, 0.3) is 5.91 Å². The molecule has 2 aliphatic rings. The van der Waals surface area contributed by atoms with E-state index in [1.165, 1.54) is 0 Å². The van der Waals surface area contributed by atoms with Crippen LogP contribution in [0.3, 0.4) is 0 Å². The zero-order chi connectivity index (χ0) is 22.5. The average Bonchev–Trinajstić information content (AvgIpc) is 3.31. The first-order chi connectivity index (χ1) is 15.5. The maximum atomic E-state index is 12.5. The van der Waals surface area contributed by atoms with E-state index in [0.717, 1.165) is 31.4 Å². The van der Waals surface area contributed by atoms with Crippen molar-refractivity contribution >= 4 is 17.5 Å². The van der Waals surface area contributed by atoms with E-state index in [9.17, 15) is 9.59 Å². The van der Waals surface area contributed by atoms with Crippen LogP contribution in [-0.4, -0.2) is 38.2 Å². The molecule has 32 heavy (non-hydrogen) atoms. The van der Waals surface area contributed by atoms with Crippen LogP contribution >= 0.6 is 0 Å². The standard InChI is InChI=1S/C25H30N2O5/c1-16-12-21(16)25(29)27-19-8-6-18(7-9-19)24(28)26-14-17-5-10-22(23(13-17)30-2)32-15-20-4-3-11-31-20/h5-10,13,16,20-21H,3-4,11-12,14-15H2,1-2H3,(H,26,28)(H,27,29). The molecule has 0 aromatic heterocycles. The Hall–Kier alpha value is -3.06. The zero-order valence-corrected chi connectivity index (χ0v) is 18.6. The van der Waals surface area contributed by atoms with Crippen molar-refractivity contribution in [2.75, 3.05) is 25.6 Å². The van der Waals surface area contributed by atoms with Gasteiger partial charge in [-0.05, 0) is 67.1 Å². The van der Waals surface area contributed by atoms with E-state index in [0.29, 0.717) is 41.8 Å². The maximum absolute atomic E-state index is 12.5. The summed E-state index contributed by atoms with van der Waals surface area (Å²) in [6.07, 6.45) is 3.16. The third-order valence-electron chi connectivity index (χ3n) is 5.99. The van der Waals surface area contributed by atoms with Crippen molar-refractivity contribution < 1.29 is 23.8 Å². The fraction of sp³-hybridized carbons (Fsp3) is 0.440. The molecule has 2 amide bonds. The van der Waals surface area contributed by atoms with Crippen LogP contribution in [0.2, 0.25) is 0 Å². The highest BCUT2D eigenvalue weighted by Crippen LogP contribution is 2.38. The van der Waals surface area contributed by atoms with E-state index < -0.39 is 0 Å². The van der Waals surface area contributed by atoms with E-state index >= 15 is 0 Å². The molecule has 2 N–H and O–H groups in total. The van der Waals surface area contributed by atoms with Crippen LogP contribution in [0.1, 0.15) is 42.1 Å². The number of hydrogen-bond acceptors (Lipinski definition) is 5. The molecule has 1 saturated heterocycles. The number of rotatable bonds is 9. The quantitative estimate of drug-likeness (QED) is 0.622. The second kappa shape index (κ2) is 10.0. The molecule has 1 aliphatic carbocycles. The van der Waals surface area contributed by atoms with Crippen molar-refractivity contribution in [1.29, 1.82) is 0 Å². The van der Waals surface area contributed by atoms with Gasteiger partial charge in [0.15, 0.2) is 11.5 Å². The van der Waals surface area contributed by atoms with Crippen LogP contribution in [-0.2, 0) is 16.1 Å². The number of hydrogen-bond donors (Lipinski definition) is 2. The molecule has 1 aliphatic heterocycles. The number of carbonyl (C=O) groups excluding carboxylic acids is 2. The molecule has 2 fully saturated rings. The number of amides is 2. The lowest BCUT2D eigenvalue weighted by atomic mass is 10.1. The molecule has 7 heteroatoms. The summed E-state index contributed by atoms with van der Waals surface area (Å²) >= 11 is 0. The molecule has 4 rings (SSSR count). The third kappa shape index (κ3) is 5.59. The van der Waals surface area contributed by atoms with Crippen molar-refractivity contribution in [3.8, 4) is 11.5 Å². The van der Waals surface area contributed by atoms with Gasteiger partial charge in [0.2, 0.25) is 5.91 Å². The van der Waals surface area contributed by atoms with Gasteiger partial charge in [-0.2, -0.15) is 0 Å². The van der Waals surface area contributed by atoms with E-state index in [1.54, 1.807) is 31.4 Å². The SMILES string of the molecule is COc1cc(CNC(=O)c2ccc(NC(=O)C3CC3C)cc2)ccc1OCC1CCCO1. The van der Waals surface area contributed by atoms with Gasteiger partial charge in [-0.15, -0.1) is 0 Å². The lowest BCUT2D eigenvalue weighted by molar-refractivity contribution is -0.117. The summed E-state index contributed by atoms with van der Waals surface area (Å²) in [7, 11) is 1.60. The topological polar surface area (TPSA) is 85.9 Å². The summed E-state index contributed by atoms with van der Waals surface area (Å²) in [4.78, 5) is 24.5. The Morgan fingerprint density at radius 1 is 1.12 bits per heavy atom. The summed E-state index contributed by atoms with van der Waals surface area (Å²) in [6.45, 7) is 3.72. The van der Waals surface area contributed by atoms with Crippen molar-refractivity contribution in [3.05, 3.63) is 53.6 Å². The Labute approximate surface area is 188 Å². The van der Waals surface area contributed by atoms with Crippen LogP contribution < -0.4 is 20.1 Å². The minimum atomic E-state index is -0.184. The van der Waals surface area contributed by atoms with Crippen molar-refractivity contribution in [2.45, 2.75) is 38.8 Å². The fourth-order valence-electron chi connectivity index (χ4n) is 3.81. The number of nitrogens with one attached hydrogen (secondary N) is 2. The first-order valence-electron chi connectivity index (χ1n) is 11.1. The number of ether oxygens (including phenoxy) is 3. The lowest BCUT2D eigenvalue weighted by Crippen LogP contribution is -2.23. The highest BCUT2D eigenvalue weighted by molar-refractivity contribution is 5.96. The second-order valence-electron chi connectivity index (χ2n) is 8.50. The largest absolute Gasteiger partial charge is 0.493 e. The van der Waals surface area contributed by atoms with Crippen molar-refractivity contribution in [2.24, 2.45) is 11.8 Å². The Morgan fingerprint density at radius 3 is 2.56 bits per heavy atom. The van der Waals surface area contributed by atoms with Crippen LogP contribution in [0, 0.1) is 11.8 Å². The maximum Gasteiger partial charge on any atom is 0.251 e. The van der Waals surface area contributed by atoms with Crippen LogP contribution in [0.4, 0.5) is 5.69 Å². The predicted octanol–water partition coefficient (Wildman–Crippen LogP) is 3.78. The normalized spacial score (nSPS) is 21.6. The van der Waals surface area contributed by atoms with E-state index in [4.69, 9.17) is 14.2 Å². The molecule has 0 radical (unpaired) electrons. The minimum Gasteiger partial charge on any atom is -0.493 e. The highest BCUT2D eigenvalue weighted by Gasteiger charge is 2.39. The molecule has 1 saturated carbocycles. The number of benzene rings is 2. The monoisotopic (exact) mass is 438 g/mol. The molecular weight excluding hydrogens is 408 g/mol. The molecule has 2 aromatic carbocycles. The molecule has 2 aromatic rings. The summed E-state index contributed by atoms with van der Waals surface area (Å²) in [5.74, 6) is 1.72. The van der Waals surface area contributed by atoms with Crippen LogP contribution in [0.5, 0.6) is 11.5 Å². The Bertz CT molecular complexity index is 953. The van der Waals surface area contributed by atoms with Crippen LogP contribution in [0.15, 0.2) is 42.5 Å².